The fraction of sp³-hybridized carbons (Fsp3) is 0.286. The second-order valence-corrected chi connectivity index (χ2v) is 8.04. The van der Waals surface area contributed by atoms with Crippen molar-refractivity contribution in [3.05, 3.63) is 51.4 Å². The zero-order valence-corrected chi connectivity index (χ0v) is 14.5. The molecule has 0 amide bonds. The van der Waals surface area contributed by atoms with E-state index in [4.69, 9.17) is 11.6 Å². The third-order valence-corrected chi connectivity index (χ3v) is 6.03. The molecular weight excluding hydrogens is 347 g/mol. The van der Waals surface area contributed by atoms with Gasteiger partial charge in [0.15, 0.2) is 0 Å². The van der Waals surface area contributed by atoms with Crippen LogP contribution in [0.15, 0.2) is 40.6 Å². The summed E-state index contributed by atoms with van der Waals surface area (Å²) < 4.78 is 40.2. The van der Waals surface area contributed by atoms with Gasteiger partial charge in [-0.05, 0) is 43.7 Å². The predicted octanol–water partition coefficient (Wildman–Crippen LogP) is 3.12. The van der Waals surface area contributed by atoms with Gasteiger partial charge >= 0.3 is 0 Å². The zero-order valence-electron chi connectivity index (χ0n) is 12.1. The van der Waals surface area contributed by atoms with Crippen molar-refractivity contribution in [2.75, 3.05) is 20.6 Å². The summed E-state index contributed by atoms with van der Waals surface area (Å²) in [6.07, 6.45) is 0. The molecule has 0 aliphatic heterocycles. The summed E-state index contributed by atoms with van der Waals surface area (Å²) in [5.74, 6) is -0.575. The van der Waals surface area contributed by atoms with Crippen molar-refractivity contribution in [3.63, 3.8) is 0 Å². The normalized spacial score (nSPS) is 13.5. The van der Waals surface area contributed by atoms with Crippen LogP contribution in [0.25, 0.3) is 0 Å². The predicted molar refractivity (Wildman–Crippen MR) is 87.3 cm³/mol. The molecule has 0 saturated heterocycles. The van der Waals surface area contributed by atoms with E-state index in [0.29, 0.717) is 0 Å². The molecule has 8 heteroatoms. The van der Waals surface area contributed by atoms with Crippen LogP contribution in [0.2, 0.25) is 5.02 Å². The molecule has 1 heterocycles. The molecule has 2 rings (SSSR count). The van der Waals surface area contributed by atoms with Crippen molar-refractivity contribution in [2.24, 2.45) is 0 Å². The van der Waals surface area contributed by atoms with E-state index in [1.54, 1.807) is 11.3 Å². The van der Waals surface area contributed by atoms with Gasteiger partial charge in [0, 0.05) is 11.4 Å². The quantitative estimate of drug-likeness (QED) is 0.858. The van der Waals surface area contributed by atoms with Crippen LogP contribution >= 0.6 is 22.9 Å². The lowest BCUT2D eigenvalue weighted by molar-refractivity contribution is 0.303. The summed E-state index contributed by atoms with van der Waals surface area (Å²) in [5.41, 5.74) is 0. The largest absolute Gasteiger partial charge is 0.300 e. The molecule has 0 radical (unpaired) electrons. The lowest BCUT2D eigenvalue weighted by atomic mass is 10.2. The molecule has 0 bridgehead atoms. The highest BCUT2D eigenvalue weighted by Crippen LogP contribution is 2.25. The van der Waals surface area contributed by atoms with Crippen molar-refractivity contribution in [1.29, 1.82) is 0 Å². The summed E-state index contributed by atoms with van der Waals surface area (Å²) in [6, 6.07) is 7.00. The Kier molecular flexibility index (Phi) is 5.57. The van der Waals surface area contributed by atoms with Crippen LogP contribution < -0.4 is 4.72 Å². The van der Waals surface area contributed by atoms with Crippen molar-refractivity contribution in [1.82, 2.24) is 9.62 Å². The molecular formula is C14H16ClFN2O2S2. The average Bonchev–Trinajstić information content (AvgIpc) is 2.91. The maximum atomic E-state index is 13.0. The van der Waals surface area contributed by atoms with Crippen LogP contribution in [0.3, 0.4) is 0 Å². The molecule has 1 unspecified atom stereocenters. The van der Waals surface area contributed by atoms with Gasteiger partial charge < -0.3 is 4.90 Å². The van der Waals surface area contributed by atoms with Crippen molar-refractivity contribution in [3.8, 4) is 0 Å². The molecule has 1 aromatic heterocycles. The minimum absolute atomic E-state index is 0.0889. The van der Waals surface area contributed by atoms with E-state index in [9.17, 15) is 12.8 Å². The highest BCUT2D eigenvalue weighted by atomic mass is 35.5. The van der Waals surface area contributed by atoms with E-state index in [1.807, 2.05) is 36.5 Å². The summed E-state index contributed by atoms with van der Waals surface area (Å²) in [6.45, 7) is 0.198. The highest BCUT2D eigenvalue weighted by molar-refractivity contribution is 7.89. The standard InChI is InChI=1S/C14H16ClFN2O2S2/c1-18(2)12(13-4-3-7-21-13)9-17-22(19,20)14-6-5-10(16)8-11(14)15/h3-8,12,17H,9H2,1-2H3. The molecule has 0 spiro atoms. The first-order valence-electron chi connectivity index (χ1n) is 6.46. The van der Waals surface area contributed by atoms with Crippen LogP contribution in [0.4, 0.5) is 4.39 Å². The number of sulfonamides is 1. The molecule has 22 heavy (non-hydrogen) atoms. The van der Waals surface area contributed by atoms with E-state index < -0.39 is 15.8 Å². The molecule has 1 atom stereocenters. The minimum atomic E-state index is -3.80. The summed E-state index contributed by atoms with van der Waals surface area (Å²) in [4.78, 5) is 2.86. The Hall–Kier alpha value is -0.990. The third kappa shape index (κ3) is 4.05. The van der Waals surface area contributed by atoms with Crippen LogP contribution in [0.5, 0.6) is 0 Å². The number of hydrogen-bond donors (Lipinski definition) is 1. The Morgan fingerprint density at radius 1 is 1.36 bits per heavy atom. The number of rotatable bonds is 6. The van der Waals surface area contributed by atoms with Gasteiger partial charge in [0.2, 0.25) is 10.0 Å². The Labute approximate surface area is 138 Å². The lowest BCUT2D eigenvalue weighted by Crippen LogP contribution is -2.34. The zero-order chi connectivity index (χ0) is 16.3. The molecule has 1 aromatic carbocycles. The maximum absolute atomic E-state index is 13.0. The molecule has 0 saturated carbocycles. The molecule has 0 aliphatic rings. The lowest BCUT2D eigenvalue weighted by Gasteiger charge is -2.23. The summed E-state index contributed by atoms with van der Waals surface area (Å²) >= 11 is 7.38. The van der Waals surface area contributed by atoms with Gasteiger partial charge in [0.25, 0.3) is 0 Å². The van der Waals surface area contributed by atoms with Gasteiger partial charge in [-0.3, -0.25) is 0 Å². The second kappa shape index (κ2) is 7.06. The van der Waals surface area contributed by atoms with Crippen LogP contribution in [0.1, 0.15) is 10.9 Å². The van der Waals surface area contributed by atoms with Gasteiger partial charge in [-0.1, -0.05) is 17.7 Å². The van der Waals surface area contributed by atoms with E-state index in [0.717, 1.165) is 23.1 Å². The number of halogens is 2. The molecule has 0 aliphatic carbocycles. The maximum Gasteiger partial charge on any atom is 0.242 e. The topological polar surface area (TPSA) is 49.4 Å². The molecule has 2 aromatic rings. The van der Waals surface area contributed by atoms with E-state index in [2.05, 4.69) is 4.72 Å². The molecule has 4 nitrogen and oxygen atoms in total. The number of thiophene rings is 1. The van der Waals surface area contributed by atoms with E-state index in [-0.39, 0.29) is 22.5 Å². The third-order valence-electron chi connectivity index (χ3n) is 3.15. The smallest absolute Gasteiger partial charge is 0.242 e. The number of nitrogens with zero attached hydrogens (tertiary/aromatic N) is 1. The Morgan fingerprint density at radius 2 is 2.09 bits per heavy atom. The first-order chi connectivity index (χ1) is 10.3. The van der Waals surface area contributed by atoms with E-state index in [1.165, 1.54) is 0 Å². The fourth-order valence-electron chi connectivity index (χ4n) is 1.98. The van der Waals surface area contributed by atoms with Gasteiger partial charge in [0.05, 0.1) is 11.1 Å². The van der Waals surface area contributed by atoms with Crippen LogP contribution in [-0.4, -0.2) is 34.0 Å². The number of benzene rings is 1. The first-order valence-corrected chi connectivity index (χ1v) is 9.20. The second-order valence-electron chi connectivity index (χ2n) is 4.92. The summed E-state index contributed by atoms with van der Waals surface area (Å²) in [5, 5.41) is 1.81. The Bertz CT molecular complexity index is 733. The van der Waals surface area contributed by atoms with Gasteiger partial charge in [-0.15, -0.1) is 11.3 Å². The molecule has 0 fully saturated rings. The van der Waals surface area contributed by atoms with Crippen LogP contribution in [0, 0.1) is 5.82 Å². The molecule has 1 N–H and O–H groups in total. The number of nitrogens with one attached hydrogen (secondary N) is 1. The van der Waals surface area contributed by atoms with Crippen molar-refractivity contribution in [2.45, 2.75) is 10.9 Å². The molecule has 120 valence electrons. The van der Waals surface area contributed by atoms with Crippen molar-refractivity contribution >= 4 is 33.0 Å². The summed E-state index contributed by atoms with van der Waals surface area (Å²) in [7, 11) is -0.0410. The number of hydrogen-bond acceptors (Lipinski definition) is 4. The van der Waals surface area contributed by atoms with Gasteiger partial charge in [-0.2, -0.15) is 0 Å². The van der Waals surface area contributed by atoms with Crippen LogP contribution in [-0.2, 0) is 10.0 Å². The first kappa shape index (κ1) is 17.4. The fourth-order valence-corrected chi connectivity index (χ4v) is 4.47. The van der Waals surface area contributed by atoms with Gasteiger partial charge in [0.1, 0.15) is 10.7 Å². The average molecular weight is 363 g/mol. The highest BCUT2D eigenvalue weighted by Gasteiger charge is 2.22. The Balaban J connectivity index is 2.18. The minimum Gasteiger partial charge on any atom is -0.300 e. The van der Waals surface area contributed by atoms with Crippen molar-refractivity contribution < 1.29 is 12.8 Å². The van der Waals surface area contributed by atoms with Gasteiger partial charge in [-0.25, -0.2) is 17.5 Å². The van der Waals surface area contributed by atoms with E-state index >= 15 is 0 Å². The number of likely N-dealkylation sites (N-methyl/N-ethyl adjacent to an activating group) is 1. The SMILES string of the molecule is CN(C)C(CNS(=O)(=O)c1ccc(F)cc1Cl)c1cccs1. The monoisotopic (exact) mass is 362 g/mol. The Morgan fingerprint density at radius 3 is 2.64 bits per heavy atom.